The largest absolute Gasteiger partial charge is 0.490 e. The molecule has 0 bridgehead atoms. The van der Waals surface area contributed by atoms with Crippen LogP contribution >= 0.6 is 0 Å². The van der Waals surface area contributed by atoms with E-state index in [4.69, 9.17) is 19.4 Å². The zero-order valence-corrected chi connectivity index (χ0v) is 17.6. The second kappa shape index (κ2) is 9.39. The molecule has 1 aliphatic carbocycles. The number of alkyl halides is 3. The molecule has 31 heavy (non-hydrogen) atoms. The molecule has 174 valence electrons. The Balaban J connectivity index is 0.000000339. The minimum absolute atomic E-state index is 0.0294. The van der Waals surface area contributed by atoms with Crippen molar-refractivity contribution in [2.45, 2.75) is 61.8 Å². The van der Waals surface area contributed by atoms with Gasteiger partial charge in [-0.3, -0.25) is 4.98 Å². The minimum Gasteiger partial charge on any atom is -0.475 e. The van der Waals surface area contributed by atoms with Gasteiger partial charge in [0, 0.05) is 31.9 Å². The number of nitrogens with zero attached hydrogens (tertiary/aromatic N) is 2. The van der Waals surface area contributed by atoms with Gasteiger partial charge in [-0.25, -0.2) is 13.2 Å². The van der Waals surface area contributed by atoms with Crippen molar-refractivity contribution in [3.8, 4) is 0 Å². The number of hydrogen-bond donors (Lipinski definition) is 1. The lowest BCUT2D eigenvalue weighted by atomic mass is 9.90. The molecule has 2 saturated heterocycles. The Morgan fingerprint density at radius 2 is 1.97 bits per heavy atom. The first-order valence-corrected chi connectivity index (χ1v) is 11.5. The summed E-state index contributed by atoms with van der Waals surface area (Å²) >= 11 is 0. The predicted octanol–water partition coefficient (Wildman–Crippen LogP) is 2.35. The average molecular weight is 466 g/mol. The molecule has 0 aromatic carbocycles. The van der Waals surface area contributed by atoms with Crippen LogP contribution in [0.1, 0.15) is 37.7 Å². The summed E-state index contributed by atoms with van der Waals surface area (Å²) in [6.45, 7) is 2.20. The highest BCUT2D eigenvalue weighted by atomic mass is 32.2. The number of pyridine rings is 1. The number of carboxylic acid groups (broad SMARTS) is 1. The fourth-order valence-corrected chi connectivity index (χ4v) is 5.69. The van der Waals surface area contributed by atoms with Crippen molar-refractivity contribution < 1.29 is 41.0 Å². The van der Waals surface area contributed by atoms with Crippen LogP contribution in [0.3, 0.4) is 0 Å². The summed E-state index contributed by atoms with van der Waals surface area (Å²) in [7, 11) is -3.12. The minimum atomic E-state index is -5.08. The summed E-state index contributed by atoms with van der Waals surface area (Å²) in [6.07, 6.45) is 2.63. The second-order valence-electron chi connectivity index (χ2n) is 7.97. The number of hydrogen-bond acceptors (Lipinski definition) is 6. The summed E-state index contributed by atoms with van der Waals surface area (Å²) in [6, 6.07) is 3.88. The Labute approximate surface area is 178 Å². The van der Waals surface area contributed by atoms with Crippen LogP contribution < -0.4 is 0 Å². The lowest BCUT2D eigenvalue weighted by molar-refractivity contribution is -0.192. The highest BCUT2D eigenvalue weighted by molar-refractivity contribution is 7.90. The number of ether oxygens (including phenoxy) is 2. The van der Waals surface area contributed by atoms with E-state index in [9.17, 15) is 21.6 Å². The third kappa shape index (κ3) is 6.37. The van der Waals surface area contributed by atoms with Crippen molar-refractivity contribution in [3.05, 3.63) is 30.1 Å². The maximum absolute atomic E-state index is 12.5. The molecule has 1 saturated carbocycles. The van der Waals surface area contributed by atoms with Gasteiger partial charge in [0.25, 0.3) is 0 Å². The summed E-state index contributed by atoms with van der Waals surface area (Å²) in [4.78, 5) is 12.9. The Hall–Kier alpha value is -1.76. The molecule has 2 atom stereocenters. The Morgan fingerprint density at radius 3 is 2.55 bits per heavy atom. The molecular formula is C19H25F3N2O6S. The molecule has 3 aliphatic rings. The van der Waals surface area contributed by atoms with Gasteiger partial charge in [-0.2, -0.15) is 17.5 Å². The first kappa shape index (κ1) is 23.9. The smallest absolute Gasteiger partial charge is 0.475 e. The van der Waals surface area contributed by atoms with Gasteiger partial charge in [-0.05, 0) is 43.4 Å². The number of halogens is 3. The topological polar surface area (TPSA) is 106 Å². The quantitative estimate of drug-likeness (QED) is 0.710. The molecule has 1 aromatic rings. The van der Waals surface area contributed by atoms with Crippen LogP contribution in [0.2, 0.25) is 0 Å². The normalized spacial score (nSPS) is 27.0. The molecule has 1 aromatic heterocycles. The van der Waals surface area contributed by atoms with E-state index in [1.807, 2.05) is 12.1 Å². The molecule has 1 spiro atoms. The van der Waals surface area contributed by atoms with Crippen molar-refractivity contribution in [1.82, 2.24) is 9.29 Å². The van der Waals surface area contributed by atoms with E-state index in [1.165, 1.54) is 0 Å². The van der Waals surface area contributed by atoms with E-state index in [0.717, 1.165) is 37.7 Å². The zero-order valence-electron chi connectivity index (χ0n) is 16.8. The van der Waals surface area contributed by atoms with Crippen molar-refractivity contribution in [1.29, 1.82) is 0 Å². The molecule has 0 radical (unpaired) electrons. The molecular weight excluding hydrogens is 441 g/mol. The van der Waals surface area contributed by atoms with Crippen LogP contribution in [0, 0.1) is 0 Å². The maximum atomic E-state index is 12.5. The van der Waals surface area contributed by atoms with Crippen molar-refractivity contribution in [2.24, 2.45) is 0 Å². The lowest BCUT2D eigenvalue weighted by Gasteiger charge is -2.39. The number of piperidine rings is 1. The fourth-order valence-electron chi connectivity index (χ4n) is 3.74. The number of carboxylic acids is 1. The average Bonchev–Trinajstić information content (AvgIpc) is 3.51. The van der Waals surface area contributed by atoms with E-state index in [1.54, 1.807) is 16.7 Å². The van der Waals surface area contributed by atoms with Crippen LogP contribution in [0.4, 0.5) is 13.2 Å². The van der Waals surface area contributed by atoms with Gasteiger partial charge in [0.2, 0.25) is 10.0 Å². The van der Waals surface area contributed by atoms with Crippen LogP contribution in [0.25, 0.3) is 0 Å². The molecule has 0 unspecified atom stereocenters. The SMILES string of the molecule is O=C(O)C(F)(F)F.O=S(=O)(C1CC1)N1CCC[C@]2(C[C@@H](OCc3ccncc3)CO2)C1. The highest BCUT2D eigenvalue weighted by Crippen LogP contribution is 2.39. The van der Waals surface area contributed by atoms with Gasteiger partial charge >= 0.3 is 12.1 Å². The second-order valence-corrected chi connectivity index (χ2v) is 10.2. The standard InChI is InChI=1S/C17H24N2O4S.C2HF3O2/c20-24(21,16-2-3-16)19-9-1-6-17(13-19)10-15(12-23-17)22-11-14-4-7-18-8-5-14;3-2(4,5)1(6)7/h4-5,7-8,15-16H,1-3,6,9-13H2;(H,6,7)/t15-,17+;/m1./s1. The number of sulfonamides is 1. The van der Waals surface area contributed by atoms with Crippen LogP contribution in [0.15, 0.2) is 24.5 Å². The number of aliphatic carboxylic acids is 1. The van der Waals surface area contributed by atoms with E-state index < -0.39 is 22.2 Å². The summed E-state index contributed by atoms with van der Waals surface area (Å²) in [5.74, 6) is -2.76. The molecule has 0 amide bonds. The Morgan fingerprint density at radius 1 is 1.32 bits per heavy atom. The third-order valence-electron chi connectivity index (χ3n) is 5.46. The van der Waals surface area contributed by atoms with Crippen LogP contribution in [-0.4, -0.2) is 71.6 Å². The molecule has 12 heteroatoms. The fraction of sp³-hybridized carbons (Fsp3) is 0.684. The van der Waals surface area contributed by atoms with E-state index in [2.05, 4.69) is 4.98 Å². The van der Waals surface area contributed by atoms with E-state index >= 15 is 0 Å². The molecule has 3 heterocycles. The molecule has 1 N–H and O–H groups in total. The molecule has 4 rings (SSSR count). The molecule has 2 aliphatic heterocycles. The van der Waals surface area contributed by atoms with Gasteiger partial charge in [0.1, 0.15) is 0 Å². The van der Waals surface area contributed by atoms with Gasteiger partial charge in [-0.1, -0.05) is 0 Å². The lowest BCUT2D eigenvalue weighted by Crippen LogP contribution is -2.51. The Bertz CT molecular complexity index is 863. The summed E-state index contributed by atoms with van der Waals surface area (Å²) in [5.41, 5.74) is 0.732. The van der Waals surface area contributed by atoms with Gasteiger partial charge < -0.3 is 14.6 Å². The van der Waals surface area contributed by atoms with Gasteiger partial charge in [0.15, 0.2) is 0 Å². The maximum Gasteiger partial charge on any atom is 0.490 e. The first-order valence-electron chi connectivity index (χ1n) is 9.95. The van der Waals surface area contributed by atoms with E-state index in [0.29, 0.717) is 26.3 Å². The van der Waals surface area contributed by atoms with Crippen LogP contribution in [0.5, 0.6) is 0 Å². The van der Waals surface area contributed by atoms with Crippen molar-refractivity contribution >= 4 is 16.0 Å². The number of carbonyl (C=O) groups is 1. The Kier molecular flexibility index (Phi) is 7.24. The highest BCUT2D eigenvalue weighted by Gasteiger charge is 2.49. The predicted molar refractivity (Wildman–Crippen MR) is 103 cm³/mol. The van der Waals surface area contributed by atoms with Crippen LogP contribution in [-0.2, 0) is 30.9 Å². The number of aromatic nitrogens is 1. The summed E-state index contributed by atoms with van der Waals surface area (Å²) < 4.78 is 70.5. The molecule has 8 nitrogen and oxygen atoms in total. The molecule has 3 fully saturated rings. The number of rotatable bonds is 5. The van der Waals surface area contributed by atoms with Crippen molar-refractivity contribution in [2.75, 3.05) is 19.7 Å². The first-order chi connectivity index (χ1) is 14.5. The zero-order chi connectivity index (χ0) is 22.7. The van der Waals surface area contributed by atoms with Gasteiger partial charge in [0.05, 0.1) is 30.2 Å². The van der Waals surface area contributed by atoms with Gasteiger partial charge in [-0.15, -0.1) is 0 Å². The summed E-state index contributed by atoms with van der Waals surface area (Å²) in [5, 5.41) is 6.98. The third-order valence-corrected chi connectivity index (χ3v) is 7.81. The van der Waals surface area contributed by atoms with Crippen molar-refractivity contribution in [3.63, 3.8) is 0 Å². The van der Waals surface area contributed by atoms with E-state index in [-0.39, 0.29) is 17.0 Å². The monoisotopic (exact) mass is 466 g/mol.